The first-order valence-electron chi connectivity index (χ1n) is 8.17. The molecule has 1 heterocycles. The van der Waals surface area contributed by atoms with Crippen molar-refractivity contribution < 1.29 is 25.4 Å². The number of aromatic nitrogens is 1. The van der Waals surface area contributed by atoms with Crippen molar-refractivity contribution in [3.8, 4) is 11.3 Å². The van der Waals surface area contributed by atoms with Crippen LogP contribution in [-0.2, 0) is 15.9 Å². The summed E-state index contributed by atoms with van der Waals surface area (Å²) in [7, 11) is 1.09. The maximum atomic E-state index is 14.2. The van der Waals surface area contributed by atoms with Gasteiger partial charge in [0.15, 0.2) is 0 Å². The highest BCUT2D eigenvalue weighted by Crippen LogP contribution is 2.33. The predicted molar refractivity (Wildman–Crippen MR) is 83.9 cm³/mol. The second-order valence-corrected chi connectivity index (χ2v) is 5.09. The first-order chi connectivity index (χ1) is 12.3. The van der Waals surface area contributed by atoms with Crippen LogP contribution < -0.4 is 0 Å². The third-order valence-corrected chi connectivity index (χ3v) is 3.58. The SMILES string of the molecule is [2H]C(C(=O)OC)C([2H])c1c(-c2ccc(F)cc2)[nH]c2c(F)cc(F)cc12. The molecule has 124 valence electrons. The first kappa shape index (κ1) is 13.7. The molecule has 0 aliphatic carbocycles. The summed E-state index contributed by atoms with van der Waals surface area (Å²) in [5.41, 5.74) is 0.628. The number of methoxy groups -OCH3 is 1. The molecule has 6 heteroatoms. The van der Waals surface area contributed by atoms with Gasteiger partial charge in [0.05, 0.1) is 12.6 Å². The molecule has 1 N–H and O–H groups in total. The predicted octanol–water partition coefficient (Wildman–Crippen LogP) is 4.36. The Balaban J connectivity index is 2.28. The number of ether oxygens (including phenoxy) is 1. The number of benzene rings is 2. The zero-order chi connectivity index (χ0) is 19.0. The molecule has 3 nitrogen and oxygen atoms in total. The summed E-state index contributed by atoms with van der Waals surface area (Å²) in [6, 6.07) is 6.89. The highest BCUT2D eigenvalue weighted by molar-refractivity contribution is 5.91. The Morgan fingerprint density at radius 2 is 1.88 bits per heavy atom. The van der Waals surface area contributed by atoms with Gasteiger partial charge in [-0.05, 0) is 47.9 Å². The van der Waals surface area contributed by atoms with Crippen LogP contribution in [0.25, 0.3) is 22.2 Å². The molecular weight excluding hydrogens is 319 g/mol. The second kappa shape index (κ2) is 6.39. The number of fused-ring (bicyclic) bond motifs is 1. The Morgan fingerprint density at radius 1 is 1.17 bits per heavy atom. The van der Waals surface area contributed by atoms with Gasteiger partial charge in [0.25, 0.3) is 0 Å². The van der Waals surface area contributed by atoms with Crippen molar-refractivity contribution in [2.24, 2.45) is 0 Å². The molecule has 0 saturated carbocycles. The molecule has 0 saturated heterocycles. The Hall–Kier alpha value is -2.76. The molecule has 0 radical (unpaired) electrons. The molecule has 2 unspecified atom stereocenters. The quantitative estimate of drug-likeness (QED) is 0.720. The van der Waals surface area contributed by atoms with Crippen molar-refractivity contribution in [3.63, 3.8) is 0 Å². The molecule has 24 heavy (non-hydrogen) atoms. The number of carbonyl (C=O) groups is 1. The molecule has 3 aromatic rings. The van der Waals surface area contributed by atoms with Crippen LogP contribution in [0.15, 0.2) is 36.4 Å². The standard InChI is InChI=1S/C18H14F3NO2/c1-24-16(23)7-6-13-14-8-12(20)9-15(21)18(14)22-17(13)10-2-4-11(19)5-3-10/h2-5,8-9,22H,6-7H2,1H3/i6D,7D. The van der Waals surface area contributed by atoms with E-state index in [-0.39, 0.29) is 22.2 Å². The largest absolute Gasteiger partial charge is 0.469 e. The summed E-state index contributed by atoms with van der Waals surface area (Å²) in [5, 5.41) is 0.0444. The minimum Gasteiger partial charge on any atom is -0.469 e. The van der Waals surface area contributed by atoms with Gasteiger partial charge in [-0.3, -0.25) is 4.79 Å². The first-order valence-corrected chi connectivity index (χ1v) is 7.02. The van der Waals surface area contributed by atoms with E-state index in [2.05, 4.69) is 9.72 Å². The molecule has 0 spiro atoms. The van der Waals surface area contributed by atoms with E-state index in [9.17, 15) is 18.0 Å². The fraction of sp³-hybridized carbons (Fsp3) is 0.167. The van der Waals surface area contributed by atoms with Gasteiger partial charge in [-0.2, -0.15) is 0 Å². The van der Waals surface area contributed by atoms with Gasteiger partial charge >= 0.3 is 5.97 Å². The number of aryl methyl sites for hydroxylation is 1. The third-order valence-electron chi connectivity index (χ3n) is 3.58. The lowest BCUT2D eigenvalue weighted by atomic mass is 10.0. The van der Waals surface area contributed by atoms with Crippen molar-refractivity contribution in [3.05, 3.63) is 59.4 Å². The van der Waals surface area contributed by atoms with E-state index in [4.69, 9.17) is 2.74 Å². The molecule has 0 bridgehead atoms. The summed E-state index contributed by atoms with van der Waals surface area (Å²) >= 11 is 0. The van der Waals surface area contributed by atoms with Crippen molar-refractivity contribution >= 4 is 16.9 Å². The fourth-order valence-corrected chi connectivity index (χ4v) is 2.48. The third kappa shape index (κ3) is 2.99. The lowest BCUT2D eigenvalue weighted by molar-refractivity contribution is -0.140. The summed E-state index contributed by atoms with van der Waals surface area (Å²) < 4.78 is 61.8. The number of aromatic amines is 1. The lowest BCUT2D eigenvalue weighted by Crippen LogP contribution is -2.02. The number of halogens is 3. The minimum atomic E-state index is -1.62. The van der Waals surface area contributed by atoms with E-state index in [1.807, 2.05) is 0 Å². The average molecular weight is 335 g/mol. The number of H-pyrrole nitrogens is 1. The fourth-order valence-electron chi connectivity index (χ4n) is 2.48. The summed E-state index contributed by atoms with van der Waals surface area (Å²) in [6.07, 6.45) is -3.10. The maximum absolute atomic E-state index is 14.2. The van der Waals surface area contributed by atoms with E-state index in [0.717, 1.165) is 13.2 Å². The molecule has 0 aliphatic rings. The maximum Gasteiger partial charge on any atom is 0.305 e. The normalized spacial score (nSPS) is 14.8. The van der Waals surface area contributed by atoms with Crippen LogP contribution in [0.5, 0.6) is 0 Å². The van der Waals surface area contributed by atoms with Crippen molar-refractivity contribution in [1.29, 1.82) is 0 Å². The Labute approximate surface area is 138 Å². The zero-order valence-corrected chi connectivity index (χ0v) is 12.6. The topological polar surface area (TPSA) is 42.1 Å². The van der Waals surface area contributed by atoms with Crippen molar-refractivity contribution in [2.75, 3.05) is 7.11 Å². The number of rotatable bonds is 4. The monoisotopic (exact) mass is 335 g/mol. The van der Waals surface area contributed by atoms with Crippen LogP contribution in [0.3, 0.4) is 0 Å². The molecule has 2 aromatic carbocycles. The van der Waals surface area contributed by atoms with Crippen molar-refractivity contribution in [1.82, 2.24) is 4.98 Å². The Bertz CT molecular complexity index is 973. The van der Waals surface area contributed by atoms with Crippen LogP contribution in [0.2, 0.25) is 0 Å². The van der Waals surface area contributed by atoms with Crippen LogP contribution in [0.4, 0.5) is 13.2 Å². The van der Waals surface area contributed by atoms with Gasteiger partial charge in [-0.25, -0.2) is 13.2 Å². The number of esters is 1. The zero-order valence-electron chi connectivity index (χ0n) is 14.6. The molecule has 0 amide bonds. The summed E-state index contributed by atoms with van der Waals surface area (Å²) in [4.78, 5) is 14.4. The Kier molecular flexibility index (Phi) is 3.64. The van der Waals surface area contributed by atoms with Gasteiger partial charge in [-0.1, -0.05) is 0 Å². The number of nitrogens with one attached hydrogen (secondary N) is 1. The van der Waals surface area contributed by atoms with Gasteiger partial charge in [0, 0.05) is 26.3 Å². The smallest absolute Gasteiger partial charge is 0.305 e. The number of hydrogen-bond donors (Lipinski definition) is 1. The number of hydrogen-bond acceptors (Lipinski definition) is 2. The van der Waals surface area contributed by atoms with Crippen LogP contribution in [0, 0.1) is 17.5 Å². The van der Waals surface area contributed by atoms with Gasteiger partial charge in [0.1, 0.15) is 17.5 Å². The summed E-state index contributed by atoms with van der Waals surface area (Å²) in [5.74, 6) is -3.16. The van der Waals surface area contributed by atoms with Gasteiger partial charge in [0.2, 0.25) is 0 Å². The second-order valence-electron chi connectivity index (χ2n) is 5.09. The van der Waals surface area contributed by atoms with Crippen molar-refractivity contribution in [2.45, 2.75) is 12.8 Å². The molecule has 0 aliphatic heterocycles. The van der Waals surface area contributed by atoms with E-state index < -0.39 is 36.2 Å². The molecule has 3 rings (SSSR count). The minimum absolute atomic E-state index is 0.0444. The molecule has 2 atom stereocenters. The highest BCUT2D eigenvalue weighted by Gasteiger charge is 2.18. The lowest BCUT2D eigenvalue weighted by Gasteiger charge is -2.05. The van der Waals surface area contributed by atoms with E-state index in [1.54, 1.807) is 0 Å². The average Bonchev–Trinajstić information content (AvgIpc) is 3.00. The van der Waals surface area contributed by atoms with E-state index in [0.29, 0.717) is 11.6 Å². The molecule has 0 fully saturated rings. The van der Waals surface area contributed by atoms with Gasteiger partial charge in [-0.15, -0.1) is 0 Å². The van der Waals surface area contributed by atoms with Crippen LogP contribution >= 0.6 is 0 Å². The van der Waals surface area contributed by atoms with E-state index in [1.165, 1.54) is 24.3 Å². The van der Waals surface area contributed by atoms with Crippen LogP contribution in [0.1, 0.15) is 14.7 Å². The molecule has 1 aromatic heterocycles. The van der Waals surface area contributed by atoms with Crippen LogP contribution in [-0.4, -0.2) is 18.1 Å². The van der Waals surface area contributed by atoms with E-state index >= 15 is 0 Å². The Morgan fingerprint density at radius 3 is 2.54 bits per heavy atom. The highest BCUT2D eigenvalue weighted by atomic mass is 19.1. The molecular formula is C18H14F3NO2. The van der Waals surface area contributed by atoms with Gasteiger partial charge < -0.3 is 9.72 Å². The number of carbonyl (C=O) groups excluding carboxylic acids is 1. The summed E-state index contributed by atoms with van der Waals surface area (Å²) in [6.45, 7) is 0.